The quantitative estimate of drug-likeness (QED) is 0.361. The maximum atomic E-state index is 14.2. The SMILES string of the molecule is Cc1ccc(S(=O)(=O)n2cc(I)c3cc(-c4cnc(NC(=O)O)c(F)c4)cnc32)cc1. The van der Waals surface area contributed by atoms with E-state index in [9.17, 15) is 17.6 Å². The Hall–Kier alpha value is -3.06. The number of nitrogens with one attached hydrogen (secondary N) is 1. The number of aromatic nitrogens is 3. The van der Waals surface area contributed by atoms with Crippen molar-refractivity contribution in [3.8, 4) is 11.1 Å². The van der Waals surface area contributed by atoms with E-state index in [0.717, 1.165) is 15.6 Å². The predicted molar refractivity (Wildman–Crippen MR) is 121 cm³/mol. The second-order valence-electron chi connectivity index (χ2n) is 6.67. The molecule has 0 spiro atoms. The van der Waals surface area contributed by atoms with Crippen LogP contribution in [0.4, 0.5) is 15.0 Å². The average Bonchev–Trinajstić information content (AvgIpc) is 3.06. The maximum Gasteiger partial charge on any atom is 0.410 e. The summed E-state index contributed by atoms with van der Waals surface area (Å²) < 4.78 is 42.1. The second-order valence-corrected chi connectivity index (χ2v) is 9.65. The van der Waals surface area contributed by atoms with Crippen molar-refractivity contribution in [2.24, 2.45) is 0 Å². The lowest BCUT2D eigenvalue weighted by molar-refractivity contribution is 0.209. The minimum Gasteiger partial charge on any atom is -0.465 e. The lowest BCUT2D eigenvalue weighted by atomic mass is 10.1. The molecule has 3 heterocycles. The zero-order valence-corrected chi connectivity index (χ0v) is 18.8. The first-order chi connectivity index (χ1) is 14.7. The molecule has 31 heavy (non-hydrogen) atoms. The van der Waals surface area contributed by atoms with E-state index < -0.39 is 27.8 Å². The summed E-state index contributed by atoms with van der Waals surface area (Å²) in [5.41, 5.74) is 2.06. The van der Waals surface area contributed by atoms with E-state index in [0.29, 0.717) is 20.1 Å². The van der Waals surface area contributed by atoms with Gasteiger partial charge in [0.15, 0.2) is 17.3 Å². The fourth-order valence-electron chi connectivity index (χ4n) is 3.00. The Morgan fingerprint density at radius 3 is 2.42 bits per heavy atom. The van der Waals surface area contributed by atoms with Crippen LogP contribution in [0.15, 0.2) is 59.9 Å². The van der Waals surface area contributed by atoms with Crippen LogP contribution in [0, 0.1) is 16.3 Å². The smallest absolute Gasteiger partial charge is 0.410 e. The highest BCUT2D eigenvalue weighted by Crippen LogP contribution is 2.30. The molecule has 0 fully saturated rings. The van der Waals surface area contributed by atoms with E-state index in [-0.39, 0.29) is 10.5 Å². The lowest BCUT2D eigenvalue weighted by Crippen LogP contribution is -2.12. The number of rotatable bonds is 4. The Labute approximate surface area is 190 Å². The van der Waals surface area contributed by atoms with Gasteiger partial charge in [0, 0.05) is 38.7 Å². The number of hydrogen-bond donors (Lipinski definition) is 2. The van der Waals surface area contributed by atoms with Crippen LogP contribution < -0.4 is 5.32 Å². The molecule has 11 heteroatoms. The van der Waals surface area contributed by atoms with E-state index in [1.807, 2.05) is 34.8 Å². The summed E-state index contributed by atoms with van der Waals surface area (Å²) in [7, 11) is -3.85. The van der Waals surface area contributed by atoms with Crippen molar-refractivity contribution in [3.63, 3.8) is 0 Å². The van der Waals surface area contributed by atoms with Gasteiger partial charge >= 0.3 is 6.09 Å². The number of carbonyl (C=O) groups is 1. The Bertz CT molecular complexity index is 1440. The van der Waals surface area contributed by atoms with E-state index in [2.05, 4.69) is 9.97 Å². The molecule has 0 saturated heterocycles. The number of nitrogens with zero attached hydrogens (tertiary/aromatic N) is 3. The zero-order chi connectivity index (χ0) is 22.3. The number of benzene rings is 1. The molecule has 4 rings (SSSR count). The summed E-state index contributed by atoms with van der Waals surface area (Å²) in [6.45, 7) is 1.87. The van der Waals surface area contributed by atoms with Gasteiger partial charge in [0.1, 0.15) is 0 Å². The van der Waals surface area contributed by atoms with E-state index in [1.165, 1.54) is 18.6 Å². The molecule has 1 aromatic carbocycles. The summed E-state index contributed by atoms with van der Waals surface area (Å²) in [5, 5.41) is 11.2. The van der Waals surface area contributed by atoms with Crippen molar-refractivity contribution in [2.45, 2.75) is 11.8 Å². The molecule has 1 amide bonds. The van der Waals surface area contributed by atoms with Gasteiger partial charge in [-0.3, -0.25) is 5.32 Å². The van der Waals surface area contributed by atoms with E-state index in [4.69, 9.17) is 5.11 Å². The summed E-state index contributed by atoms with van der Waals surface area (Å²) in [6, 6.07) is 9.34. The molecule has 0 radical (unpaired) electrons. The molecule has 0 aliphatic carbocycles. The number of fused-ring (bicyclic) bond motifs is 1. The van der Waals surface area contributed by atoms with Crippen molar-refractivity contribution in [2.75, 3.05) is 5.32 Å². The largest absolute Gasteiger partial charge is 0.465 e. The van der Waals surface area contributed by atoms with Crippen molar-refractivity contribution in [3.05, 3.63) is 69.9 Å². The first kappa shape index (κ1) is 21.2. The molecule has 0 unspecified atom stereocenters. The van der Waals surface area contributed by atoms with Gasteiger partial charge in [-0.15, -0.1) is 0 Å². The summed E-state index contributed by atoms with van der Waals surface area (Å²) >= 11 is 2.01. The molecule has 8 nitrogen and oxygen atoms in total. The number of hydrogen-bond acceptors (Lipinski definition) is 5. The predicted octanol–water partition coefficient (Wildman–Crippen LogP) is 4.48. The molecule has 2 N–H and O–H groups in total. The normalized spacial score (nSPS) is 11.6. The van der Waals surface area contributed by atoms with Crippen molar-refractivity contribution in [1.82, 2.24) is 13.9 Å². The standard InChI is InChI=1S/C20H14FIN4O4S/c1-11-2-4-14(5-3-11)31(29,30)26-10-17(22)15-6-12(9-24-19(15)26)13-7-16(21)18(23-8-13)25-20(27)28/h2-10H,1H3,(H,23,25)(H,27,28). The first-order valence-electron chi connectivity index (χ1n) is 8.81. The third-order valence-corrected chi connectivity index (χ3v) is 7.06. The van der Waals surface area contributed by atoms with Gasteiger partial charge in [0.05, 0.1) is 4.90 Å². The van der Waals surface area contributed by atoms with Gasteiger partial charge in [-0.2, -0.15) is 0 Å². The number of anilines is 1. The Morgan fingerprint density at radius 1 is 1.13 bits per heavy atom. The molecule has 0 bridgehead atoms. The number of amides is 1. The number of aryl methyl sites for hydroxylation is 1. The van der Waals surface area contributed by atoms with Crippen molar-refractivity contribution in [1.29, 1.82) is 0 Å². The summed E-state index contributed by atoms with van der Waals surface area (Å²) in [4.78, 5) is 18.9. The monoisotopic (exact) mass is 552 g/mol. The fraction of sp³-hybridized carbons (Fsp3) is 0.0500. The molecule has 0 aliphatic rings. The van der Waals surface area contributed by atoms with Gasteiger partial charge in [0.25, 0.3) is 10.0 Å². The fourth-order valence-corrected chi connectivity index (χ4v) is 5.19. The molecule has 158 valence electrons. The van der Waals surface area contributed by atoms with Gasteiger partial charge in [-0.05, 0) is 53.8 Å². The van der Waals surface area contributed by atoms with Crippen LogP contribution in [-0.2, 0) is 10.0 Å². The van der Waals surface area contributed by atoms with Crippen LogP contribution in [0.25, 0.3) is 22.2 Å². The Balaban J connectivity index is 1.78. The van der Waals surface area contributed by atoms with Gasteiger partial charge in [-0.1, -0.05) is 17.7 Å². The Morgan fingerprint density at radius 2 is 1.77 bits per heavy atom. The molecular formula is C20H14FIN4O4S. The number of pyridine rings is 2. The van der Waals surface area contributed by atoms with Crippen LogP contribution in [0.3, 0.4) is 0 Å². The maximum absolute atomic E-state index is 14.2. The third kappa shape index (κ3) is 3.97. The highest BCUT2D eigenvalue weighted by atomic mass is 127. The highest BCUT2D eigenvalue weighted by Gasteiger charge is 2.22. The molecule has 4 aromatic rings. The number of halogens is 2. The van der Waals surface area contributed by atoms with Crippen molar-refractivity contribution < 1.29 is 22.7 Å². The highest BCUT2D eigenvalue weighted by molar-refractivity contribution is 14.1. The molecular weight excluding hydrogens is 538 g/mol. The minimum absolute atomic E-state index is 0.144. The van der Waals surface area contributed by atoms with Crippen LogP contribution in [0.1, 0.15) is 5.56 Å². The summed E-state index contributed by atoms with van der Waals surface area (Å²) in [5.74, 6) is -1.25. The lowest BCUT2D eigenvalue weighted by Gasteiger charge is -2.08. The van der Waals surface area contributed by atoms with E-state index in [1.54, 1.807) is 30.3 Å². The number of carboxylic acid groups (broad SMARTS) is 1. The van der Waals surface area contributed by atoms with Crippen LogP contribution in [0.2, 0.25) is 0 Å². The second kappa shape index (κ2) is 7.89. The Kier molecular flexibility index (Phi) is 5.39. The first-order valence-corrected chi connectivity index (χ1v) is 11.3. The van der Waals surface area contributed by atoms with Crippen LogP contribution in [0.5, 0.6) is 0 Å². The molecule has 0 atom stereocenters. The van der Waals surface area contributed by atoms with Crippen LogP contribution in [-0.4, -0.2) is 33.6 Å². The average molecular weight is 552 g/mol. The van der Waals surface area contributed by atoms with Crippen molar-refractivity contribution >= 4 is 55.6 Å². The minimum atomic E-state index is -3.85. The summed E-state index contributed by atoms with van der Waals surface area (Å²) in [6.07, 6.45) is 2.79. The van der Waals surface area contributed by atoms with Gasteiger partial charge in [0.2, 0.25) is 0 Å². The third-order valence-electron chi connectivity index (χ3n) is 4.54. The zero-order valence-electron chi connectivity index (χ0n) is 15.9. The topological polar surface area (TPSA) is 114 Å². The van der Waals surface area contributed by atoms with E-state index >= 15 is 0 Å². The van der Waals surface area contributed by atoms with Gasteiger partial charge < -0.3 is 5.11 Å². The van der Waals surface area contributed by atoms with Crippen LogP contribution >= 0.6 is 22.6 Å². The molecule has 0 saturated carbocycles. The molecule has 3 aromatic heterocycles. The van der Waals surface area contributed by atoms with Gasteiger partial charge in [-0.25, -0.2) is 31.5 Å². The molecule has 0 aliphatic heterocycles.